The van der Waals surface area contributed by atoms with Crippen molar-refractivity contribution in [3.8, 4) is 0 Å². The molecule has 1 fully saturated rings. The largest absolute Gasteiger partial charge is 0.500 e. The van der Waals surface area contributed by atoms with E-state index < -0.39 is 17.6 Å². The van der Waals surface area contributed by atoms with E-state index in [-0.39, 0.29) is 6.10 Å². The molecule has 0 bridgehead atoms. The maximum Gasteiger partial charge on any atom is 0.500 e. The Morgan fingerprint density at radius 3 is 1.53 bits per heavy atom. The molecule has 0 aliphatic heterocycles. The Morgan fingerprint density at radius 1 is 0.750 bits per heavy atom. The van der Waals surface area contributed by atoms with E-state index in [0.717, 1.165) is 44.1 Å². The SMILES string of the molecule is CN.CNCC(O)CCOCCC[Si](OC)(OC)OC.CO[Si](CCCOCCC1CC1)(OC)OC. The van der Waals surface area contributed by atoms with Crippen LogP contribution < -0.4 is 11.1 Å². The van der Waals surface area contributed by atoms with Crippen LogP contribution in [0.25, 0.3) is 0 Å². The van der Waals surface area contributed by atoms with Crippen molar-refractivity contribution in [1.82, 2.24) is 5.32 Å². The zero-order chi connectivity index (χ0) is 27.7. The summed E-state index contributed by atoms with van der Waals surface area (Å²) in [6.07, 6.45) is 6.08. The number of rotatable bonds is 22. The summed E-state index contributed by atoms with van der Waals surface area (Å²) in [6, 6.07) is 1.55. The molecule has 0 amide bonds. The van der Waals surface area contributed by atoms with Crippen molar-refractivity contribution < 1.29 is 41.1 Å². The van der Waals surface area contributed by atoms with Gasteiger partial charge in [0.25, 0.3) is 0 Å². The zero-order valence-corrected chi connectivity index (χ0v) is 26.1. The molecule has 1 unspecified atom stereocenters. The monoisotopic (exact) mass is 560 g/mol. The van der Waals surface area contributed by atoms with Gasteiger partial charge in [0.1, 0.15) is 0 Å². The van der Waals surface area contributed by atoms with E-state index >= 15 is 0 Å². The molecule has 36 heavy (non-hydrogen) atoms. The molecule has 0 aromatic carbocycles. The molecule has 0 saturated heterocycles. The summed E-state index contributed by atoms with van der Waals surface area (Å²) >= 11 is 0. The number of ether oxygens (including phenoxy) is 2. The van der Waals surface area contributed by atoms with Crippen LogP contribution in [0.3, 0.4) is 0 Å². The second kappa shape index (κ2) is 25.3. The minimum atomic E-state index is -2.45. The van der Waals surface area contributed by atoms with Gasteiger partial charge in [-0.1, -0.05) is 12.8 Å². The fourth-order valence-corrected chi connectivity index (χ4v) is 6.69. The molecule has 13 heteroatoms. The lowest BCUT2D eigenvalue weighted by Gasteiger charge is -2.24. The molecule has 1 saturated carbocycles. The first kappa shape index (κ1) is 38.1. The summed E-state index contributed by atoms with van der Waals surface area (Å²) in [7, 11) is 8.25. The molecule has 0 spiro atoms. The molecule has 0 aromatic rings. The Hall–Kier alpha value is -0.00623. The Labute approximate surface area is 222 Å². The summed E-state index contributed by atoms with van der Waals surface area (Å²) in [5.74, 6) is 0.949. The maximum absolute atomic E-state index is 9.45. The smallest absolute Gasteiger partial charge is 0.392 e. The Kier molecular flexibility index (Phi) is 26.8. The van der Waals surface area contributed by atoms with Crippen molar-refractivity contribution in [2.75, 3.05) is 89.7 Å². The lowest BCUT2D eigenvalue weighted by molar-refractivity contribution is 0.0774. The van der Waals surface area contributed by atoms with Crippen molar-refractivity contribution >= 4 is 17.6 Å². The van der Waals surface area contributed by atoms with Crippen LogP contribution in [0.2, 0.25) is 12.1 Å². The lowest BCUT2D eigenvalue weighted by Crippen LogP contribution is -2.42. The van der Waals surface area contributed by atoms with Crippen LogP contribution in [0.1, 0.15) is 38.5 Å². The van der Waals surface area contributed by atoms with Crippen molar-refractivity contribution in [2.24, 2.45) is 11.7 Å². The highest BCUT2D eigenvalue weighted by atomic mass is 28.4. The van der Waals surface area contributed by atoms with Gasteiger partial charge in [0.05, 0.1) is 6.10 Å². The molecule has 220 valence electrons. The van der Waals surface area contributed by atoms with Gasteiger partial charge in [0.2, 0.25) is 0 Å². The van der Waals surface area contributed by atoms with Crippen molar-refractivity contribution in [1.29, 1.82) is 0 Å². The molecule has 0 radical (unpaired) electrons. The minimum absolute atomic E-state index is 0.347. The fraction of sp³-hybridized carbons (Fsp3) is 1.00. The van der Waals surface area contributed by atoms with Gasteiger partial charge in [0.15, 0.2) is 0 Å². The second-order valence-corrected chi connectivity index (χ2v) is 14.4. The number of likely N-dealkylation sites (N-methyl/N-ethyl adjacent to an activating group) is 1. The highest BCUT2D eigenvalue weighted by Gasteiger charge is 2.37. The standard InChI is InChI=1S/C11H27NO5Si.C11H24O4Si.CH5N/c1-12-10-11(13)6-8-17-7-5-9-18(14-2,15-3)16-4;1-12-16(13-2,14-3)10-4-8-15-9-7-11-5-6-11;1-2/h11-13H,5-10H2,1-4H3;11H,4-10H2,1-3H3;2H2,1H3. The van der Waals surface area contributed by atoms with Gasteiger partial charge >= 0.3 is 17.6 Å². The second-order valence-electron chi connectivity index (χ2n) is 8.25. The number of aliphatic hydroxyl groups excluding tert-OH is 1. The zero-order valence-electron chi connectivity index (χ0n) is 24.1. The molecular formula is C23H56N2O9Si2. The Bertz CT molecular complexity index is 443. The third-order valence-corrected chi connectivity index (χ3v) is 11.5. The number of hydrogen-bond acceptors (Lipinski definition) is 11. The molecular weight excluding hydrogens is 504 g/mol. The average Bonchev–Trinajstić information content (AvgIpc) is 3.75. The topological polar surface area (TPSA) is 132 Å². The third-order valence-electron chi connectivity index (χ3n) is 5.81. The quantitative estimate of drug-likeness (QED) is 0.132. The minimum Gasteiger partial charge on any atom is -0.392 e. The van der Waals surface area contributed by atoms with Crippen LogP contribution >= 0.6 is 0 Å². The number of nitrogens with one attached hydrogen (secondary N) is 1. The van der Waals surface area contributed by atoms with Crippen molar-refractivity contribution in [3.05, 3.63) is 0 Å². The molecule has 1 rings (SSSR count). The fourth-order valence-electron chi connectivity index (χ4n) is 3.31. The molecule has 1 aliphatic rings. The highest BCUT2D eigenvalue weighted by molar-refractivity contribution is 6.60. The van der Waals surface area contributed by atoms with Crippen LogP contribution in [-0.4, -0.2) is 119 Å². The first-order valence-corrected chi connectivity index (χ1v) is 16.6. The molecule has 0 aromatic heterocycles. The highest BCUT2D eigenvalue weighted by Crippen LogP contribution is 2.32. The first-order valence-electron chi connectivity index (χ1n) is 12.8. The number of nitrogens with two attached hydrogens (primary N) is 1. The van der Waals surface area contributed by atoms with Gasteiger partial charge in [-0.3, -0.25) is 0 Å². The van der Waals surface area contributed by atoms with Crippen molar-refractivity contribution in [3.63, 3.8) is 0 Å². The van der Waals surface area contributed by atoms with E-state index in [1.165, 1.54) is 26.3 Å². The maximum atomic E-state index is 9.45. The van der Waals surface area contributed by atoms with Gasteiger partial charge in [-0.2, -0.15) is 0 Å². The normalized spacial score (nSPS) is 14.5. The summed E-state index contributed by atoms with van der Waals surface area (Å²) < 4.78 is 42.9. The van der Waals surface area contributed by atoms with E-state index in [4.69, 9.17) is 36.0 Å². The third kappa shape index (κ3) is 19.1. The molecule has 1 atom stereocenters. The van der Waals surface area contributed by atoms with Gasteiger partial charge in [-0.25, -0.2) is 0 Å². The number of aliphatic hydroxyl groups is 1. The van der Waals surface area contributed by atoms with E-state index in [1.807, 2.05) is 7.05 Å². The van der Waals surface area contributed by atoms with Gasteiger partial charge in [-0.15, -0.1) is 0 Å². The van der Waals surface area contributed by atoms with Gasteiger partial charge < -0.3 is 52.2 Å². The molecule has 1 aliphatic carbocycles. The number of hydrogen-bond donors (Lipinski definition) is 3. The molecule has 0 heterocycles. The Morgan fingerprint density at radius 2 is 1.17 bits per heavy atom. The lowest BCUT2D eigenvalue weighted by atomic mass is 10.3. The van der Waals surface area contributed by atoms with Crippen LogP contribution in [0.15, 0.2) is 0 Å². The van der Waals surface area contributed by atoms with Gasteiger partial charge in [-0.05, 0) is 45.7 Å². The Balaban J connectivity index is 0. The van der Waals surface area contributed by atoms with E-state index in [2.05, 4.69) is 11.1 Å². The predicted octanol–water partition coefficient (Wildman–Crippen LogP) is 1.89. The van der Waals surface area contributed by atoms with Crippen molar-refractivity contribution in [2.45, 2.75) is 56.7 Å². The van der Waals surface area contributed by atoms with E-state index in [1.54, 1.807) is 42.7 Å². The van der Waals surface area contributed by atoms with Crippen LogP contribution in [0.4, 0.5) is 0 Å². The molecule has 11 nitrogen and oxygen atoms in total. The van der Waals surface area contributed by atoms with Crippen LogP contribution in [0.5, 0.6) is 0 Å². The summed E-state index contributed by atoms with van der Waals surface area (Å²) in [5.41, 5.74) is 4.50. The van der Waals surface area contributed by atoms with Crippen LogP contribution in [0, 0.1) is 5.92 Å². The van der Waals surface area contributed by atoms with Gasteiger partial charge in [0, 0.05) is 87.7 Å². The first-order chi connectivity index (χ1) is 17.4. The van der Waals surface area contributed by atoms with E-state index in [9.17, 15) is 5.11 Å². The predicted molar refractivity (Wildman–Crippen MR) is 146 cm³/mol. The molecule has 4 N–H and O–H groups in total. The average molecular weight is 561 g/mol. The van der Waals surface area contributed by atoms with E-state index in [0.29, 0.717) is 26.2 Å². The summed E-state index contributed by atoms with van der Waals surface area (Å²) in [6.45, 7) is 3.45. The van der Waals surface area contributed by atoms with Crippen LogP contribution in [-0.2, 0) is 36.0 Å². The summed E-state index contributed by atoms with van der Waals surface area (Å²) in [5, 5.41) is 12.4. The summed E-state index contributed by atoms with van der Waals surface area (Å²) in [4.78, 5) is 0.